The first-order valence-electron chi connectivity index (χ1n) is 6.42. The molecule has 3 rings (SSSR count). The van der Waals surface area contributed by atoms with Crippen molar-refractivity contribution >= 4 is 40.9 Å². The van der Waals surface area contributed by atoms with Gasteiger partial charge in [0.2, 0.25) is 6.41 Å². The van der Waals surface area contributed by atoms with Gasteiger partial charge in [0.15, 0.2) is 0 Å². The van der Waals surface area contributed by atoms with Gasteiger partial charge in [-0.05, 0) is 18.2 Å². The van der Waals surface area contributed by atoms with Gasteiger partial charge in [-0.25, -0.2) is 4.98 Å². The molecule has 3 aromatic rings. The zero-order valence-corrected chi connectivity index (χ0v) is 12.0. The van der Waals surface area contributed by atoms with Crippen molar-refractivity contribution in [3.8, 4) is 0 Å². The number of rotatable bonds is 4. The van der Waals surface area contributed by atoms with Gasteiger partial charge in [-0.15, -0.1) is 0 Å². The van der Waals surface area contributed by atoms with Crippen molar-refractivity contribution < 1.29 is 9.59 Å². The van der Waals surface area contributed by atoms with Crippen LogP contribution < -0.4 is 10.6 Å². The Labute approximate surface area is 130 Å². The van der Waals surface area contributed by atoms with Crippen LogP contribution in [0.25, 0.3) is 5.65 Å². The summed E-state index contributed by atoms with van der Waals surface area (Å²) in [5, 5.41) is 5.73. The van der Waals surface area contributed by atoms with E-state index in [4.69, 9.17) is 11.6 Å². The Kier molecular flexibility index (Phi) is 3.76. The van der Waals surface area contributed by atoms with Gasteiger partial charge in [-0.1, -0.05) is 23.7 Å². The predicted octanol–water partition coefficient (Wildman–Crippen LogP) is 2.81. The molecule has 0 fully saturated rings. The maximum Gasteiger partial charge on any atom is 0.274 e. The molecule has 0 saturated heterocycles. The SMILES string of the molecule is O=CNc1ccn2c(C(=O)Nc3ccccc3Cl)cnc2c1. The first-order chi connectivity index (χ1) is 10.7. The van der Waals surface area contributed by atoms with Crippen LogP contribution in [0.1, 0.15) is 10.5 Å². The number of para-hydroxylation sites is 1. The number of pyridine rings is 1. The van der Waals surface area contributed by atoms with Gasteiger partial charge in [0, 0.05) is 18.0 Å². The van der Waals surface area contributed by atoms with Crippen molar-refractivity contribution in [3.05, 3.63) is 59.5 Å². The van der Waals surface area contributed by atoms with Gasteiger partial charge in [0.1, 0.15) is 11.3 Å². The van der Waals surface area contributed by atoms with Crippen molar-refractivity contribution in [1.29, 1.82) is 0 Å². The molecule has 2 aromatic heterocycles. The summed E-state index contributed by atoms with van der Waals surface area (Å²) in [6.07, 6.45) is 3.71. The number of anilines is 2. The molecule has 22 heavy (non-hydrogen) atoms. The molecule has 1 aromatic carbocycles. The van der Waals surface area contributed by atoms with E-state index in [-0.39, 0.29) is 5.91 Å². The van der Waals surface area contributed by atoms with Crippen LogP contribution >= 0.6 is 11.6 Å². The number of imidazole rings is 1. The van der Waals surface area contributed by atoms with E-state index in [9.17, 15) is 9.59 Å². The Morgan fingerprint density at radius 2 is 2.09 bits per heavy atom. The van der Waals surface area contributed by atoms with Gasteiger partial charge in [0.05, 0.1) is 16.9 Å². The maximum atomic E-state index is 12.3. The van der Waals surface area contributed by atoms with E-state index in [2.05, 4.69) is 15.6 Å². The van der Waals surface area contributed by atoms with E-state index >= 15 is 0 Å². The van der Waals surface area contributed by atoms with Crippen LogP contribution in [0.3, 0.4) is 0 Å². The number of aromatic nitrogens is 2. The van der Waals surface area contributed by atoms with E-state index in [0.29, 0.717) is 34.1 Å². The minimum Gasteiger partial charge on any atom is -0.329 e. The van der Waals surface area contributed by atoms with Crippen LogP contribution in [0.5, 0.6) is 0 Å². The highest BCUT2D eigenvalue weighted by Crippen LogP contribution is 2.21. The molecule has 0 aliphatic rings. The van der Waals surface area contributed by atoms with Crippen molar-refractivity contribution in [2.45, 2.75) is 0 Å². The summed E-state index contributed by atoms with van der Waals surface area (Å²) in [4.78, 5) is 27.0. The Balaban J connectivity index is 1.91. The zero-order chi connectivity index (χ0) is 15.5. The molecule has 2 amide bonds. The molecule has 0 saturated carbocycles. The number of hydrogen-bond donors (Lipinski definition) is 2. The summed E-state index contributed by atoms with van der Waals surface area (Å²) < 4.78 is 1.63. The normalized spacial score (nSPS) is 10.4. The second kappa shape index (κ2) is 5.87. The molecule has 7 heteroatoms. The number of carbonyl (C=O) groups excluding carboxylic acids is 2. The summed E-state index contributed by atoms with van der Waals surface area (Å²) in [7, 11) is 0. The second-order valence-electron chi connectivity index (χ2n) is 4.48. The van der Waals surface area contributed by atoms with E-state index in [0.717, 1.165) is 0 Å². The van der Waals surface area contributed by atoms with Gasteiger partial charge in [0.25, 0.3) is 5.91 Å². The van der Waals surface area contributed by atoms with Crippen LogP contribution in [-0.4, -0.2) is 21.7 Å². The average molecular weight is 315 g/mol. The van der Waals surface area contributed by atoms with Crippen molar-refractivity contribution in [3.63, 3.8) is 0 Å². The molecule has 0 bridgehead atoms. The Bertz CT molecular complexity index is 860. The van der Waals surface area contributed by atoms with Gasteiger partial charge >= 0.3 is 0 Å². The van der Waals surface area contributed by atoms with E-state index in [1.54, 1.807) is 47.0 Å². The highest BCUT2D eigenvalue weighted by Gasteiger charge is 2.13. The molecular weight excluding hydrogens is 304 g/mol. The summed E-state index contributed by atoms with van der Waals surface area (Å²) in [5.41, 5.74) is 2.05. The summed E-state index contributed by atoms with van der Waals surface area (Å²) >= 11 is 6.03. The van der Waals surface area contributed by atoms with Crippen LogP contribution in [-0.2, 0) is 4.79 Å². The lowest BCUT2D eigenvalue weighted by atomic mass is 10.3. The lowest BCUT2D eigenvalue weighted by Gasteiger charge is -2.07. The summed E-state index contributed by atoms with van der Waals surface area (Å²) in [5.74, 6) is -0.323. The third-order valence-electron chi connectivity index (χ3n) is 3.09. The molecule has 0 unspecified atom stereocenters. The fourth-order valence-electron chi connectivity index (χ4n) is 2.06. The van der Waals surface area contributed by atoms with E-state index in [1.165, 1.54) is 6.20 Å². The van der Waals surface area contributed by atoms with E-state index < -0.39 is 0 Å². The fraction of sp³-hybridized carbons (Fsp3) is 0. The number of fused-ring (bicyclic) bond motifs is 1. The van der Waals surface area contributed by atoms with Gasteiger partial charge in [-0.3, -0.25) is 14.0 Å². The summed E-state index contributed by atoms with van der Waals surface area (Å²) in [6.45, 7) is 0. The van der Waals surface area contributed by atoms with Gasteiger partial charge in [-0.2, -0.15) is 0 Å². The molecule has 0 atom stereocenters. The lowest BCUT2D eigenvalue weighted by molar-refractivity contribution is -0.105. The zero-order valence-electron chi connectivity index (χ0n) is 11.3. The molecule has 0 aliphatic heterocycles. The smallest absolute Gasteiger partial charge is 0.274 e. The molecule has 0 spiro atoms. The highest BCUT2D eigenvalue weighted by molar-refractivity contribution is 6.33. The molecular formula is C15H11ClN4O2. The molecule has 2 heterocycles. The quantitative estimate of drug-likeness (QED) is 0.727. The summed E-state index contributed by atoms with van der Waals surface area (Å²) in [6, 6.07) is 10.3. The number of nitrogens with one attached hydrogen (secondary N) is 2. The number of nitrogens with zero attached hydrogens (tertiary/aromatic N) is 2. The first-order valence-corrected chi connectivity index (χ1v) is 6.80. The van der Waals surface area contributed by atoms with Crippen LogP contribution in [0.2, 0.25) is 5.02 Å². The minimum absolute atomic E-state index is 0.323. The van der Waals surface area contributed by atoms with Crippen molar-refractivity contribution in [2.24, 2.45) is 0 Å². The molecule has 110 valence electrons. The average Bonchev–Trinajstić information content (AvgIpc) is 2.93. The second-order valence-corrected chi connectivity index (χ2v) is 4.89. The monoisotopic (exact) mass is 314 g/mol. The lowest BCUT2D eigenvalue weighted by Crippen LogP contribution is -2.14. The molecule has 2 N–H and O–H groups in total. The van der Waals surface area contributed by atoms with Crippen LogP contribution in [0.15, 0.2) is 48.8 Å². The van der Waals surface area contributed by atoms with Crippen molar-refractivity contribution in [2.75, 3.05) is 10.6 Å². The minimum atomic E-state index is -0.323. The topological polar surface area (TPSA) is 75.5 Å². The number of hydrogen-bond acceptors (Lipinski definition) is 3. The van der Waals surface area contributed by atoms with Crippen LogP contribution in [0, 0.1) is 0 Å². The molecule has 0 aliphatic carbocycles. The van der Waals surface area contributed by atoms with Crippen molar-refractivity contribution in [1.82, 2.24) is 9.38 Å². The standard InChI is InChI=1S/C15H11ClN4O2/c16-11-3-1-2-4-12(11)19-15(22)13-8-17-14-7-10(18-9-21)5-6-20(13)14/h1-9H,(H,18,21)(H,19,22). The molecule has 6 nitrogen and oxygen atoms in total. The number of benzene rings is 1. The Morgan fingerprint density at radius 3 is 2.86 bits per heavy atom. The predicted molar refractivity (Wildman–Crippen MR) is 84.3 cm³/mol. The number of carbonyl (C=O) groups is 2. The third-order valence-corrected chi connectivity index (χ3v) is 3.42. The Morgan fingerprint density at radius 1 is 1.27 bits per heavy atom. The maximum absolute atomic E-state index is 12.3. The van der Waals surface area contributed by atoms with E-state index in [1.807, 2.05) is 0 Å². The highest BCUT2D eigenvalue weighted by atomic mass is 35.5. The van der Waals surface area contributed by atoms with Crippen LogP contribution in [0.4, 0.5) is 11.4 Å². The largest absolute Gasteiger partial charge is 0.329 e. The third kappa shape index (κ3) is 2.64. The number of amides is 2. The molecule has 0 radical (unpaired) electrons. The Hall–Kier alpha value is -2.86. The first kappa shape index (κ1) is 14.1. The number of halogens is 1. The van der Waals surface area contributed by atoms with Gasteiger partial charge < -0.3 is 10.6 Å². The fourth-order valence-corrected chi connectivity index (χ4v) is 2.24.